The number of alkyl halides is 1. The van der Waals surface area contributed by atoms with Crippen molar-refractivity contribution in [2.75, 3.05) is 6.67 Å². The normalized spacial score (nSPS) is 22.3. The van der Waals surface area contributed by atoms with E-state index in [4.69, 9.17) is 9.94 Å². The van der Waals surface area contributed by atoms with E-state index < -0.39 is 42.4 Å². The zero-order valence-electron chi connectivity index (χ0n) is 17.6. The molecule has 1 unspecified atom stereocenters. The fourth-order valence-corrected chi connectivity index (χ4v) is 4.18. The Hall–Kier alpha value is -2.84. The van der Waals surface area contributed by atoms with Gasteiger partial charge in [-0.2, -0.15) is 0 Å². The second-order valence-corrected chi connectivity index (χ2v) is 8.19. The molecule has 2 heterocycles. The third-order valence-electron chi connectivity index (χ3n) is 6.13. The average molecular weight is 433 g/mol. The standard InChI is InChI=1S/C22H28FN3O5/c1-2-22(21(30)25-17(11-20(28)29)19(27)13-23)12-18(26-31-22)16-10-15(8-9-24-16)14-6-4-3-5-7-14/h8-10,14,17H,2-7,11-13H2,1H3,(H,25,30)(H,28,29)/t17-,22?/m0/s1. The van der Waals surface area contributed by atoms with Crippen molar-refractivity contribution in [1.82, 2.24) is 10.3 Å². The lowest BCUT2D eigenvalue weighted by molar-refractivity contribution is -0.148. The topological polar surface area (TPSA) is 118 Å². The smallest absolute Gasteiger partial charge is 0.305 e. The Balaban J connectivity index is 1.73. The molecule has 8 nitrogen and oxygen atoms in total. The largest absolute Gasteiger partial charge is 0.481 e. The number of amides is 1. The van der Waals surface area contributed by atoms with Gasteiger partial charge in [0.1, 0.15) is 18.4 Å². The van der Waals surface area contributed by atoms with Gasteiger partial charge in [-0.3, -0.25) is 19.4 Å². The average Bonchev–Trinajstić information content (AvgIpc) is 3.24. The number of carboxylic acid groups (broad SMARTS) is 1. The van der Waals surface area contributed by atoms with Gasteiger partial charge in [-0.1, -0.05) is 31.3 Å². The third kappa shape index (κ3) is 5.26. The number of ketones is 1. The summed E-state index contributed by atoms with van der Waals surface area (Å²) in [6.07, 6.45) is 7.35. The van der Waals surface area contributed by atoms with Crippen molar-refractivity contribution >= 4 is 23.4 Å². The number of aliphatic carboxylic acids is 1. The molecule has 1 amide bonds. The summed E-state index contributed by atoms with van der Waals surface area (Å²) in [7, 11) is 0. The molecular formula is C22H28FN3O5. The molecule has 0 radical (unpaired) electrons. The molecule has 1 aromatic heterocycles. The van der Waals surface area contributed by atoms with Gasteiger partial charge in [-0.15, -0.1) is 0 Å². The monoisotopic (exact) mass is 433 g/mol. The molecule has 1 aliphatic carbocycles. The van der Waals surface area contributed by atoms with E-state index in [0.717, 1.165) is 12.8 Å². The Morgan fingerprint density at radius 3 is 2.71 bits per heavy atom. The number of carboxylic acids is 1. The van der Waals surface area contributed by atoms with Crippen molar-refractivity contribution in [2.24, 2.45) is 5.16 Å². The highest BCUT2D eigenvalue weighted by Gasteiger charge is 2.46. The zero-order valence-corrected chi connectivity index (χ0v) is 17.6. The first kappa shape index (κ1) is 22.8. The van der Waals surface area contributed by atoms with Gasteiger partial charge in [-0.05, 0) is 42.9 Å². The summed E-state index contributed by atoms with van der Waals surface area (Å²) in [6.45, 7) is 0.366. The van der Waals surface area contributed by atoms with Crippen LogP contribution < -0.4 is 5.32 Å². The van der Waals surface area contributed by atoms with Gasteiger partial charge in [0.05, 0.1) is 12.1 Å². The molecule has 0 saturated heterocycles. The SMILES string of the molecule is CCC1(C(=O)N[C@@H](CC(=O)O)C(=O)CF)CC(c2cc(C3CCCCC3)ccn2)=NO1. The second kappa shape index (κ2) is 9.98. The van der Waals surface area contributed by atoms with Crippen LogP contribution in [0.1, 0.15) is 75.5 Å². The van der Waals surface area contributed by atoms with Gasteiger partial charge in [0.2, 0.25) is 5.60 Å². The summed E-state index contributed by atoms with van der Waals surface area (Å²) in [6, 6.07) is 2.54. The van der Waals surface area contributed by atoms with Crippen LogP contribution in [0.3, 0.4) is 0 Å². The Labute approximate surface area is 180 Å². The molecule has 1 aromatic rings. The predicted octanol–water partition coefficient (Wildman–Crippen LogP) is 2.90. The summed E-state index contributed by atoms with van der Waals surface area (Å²) in [4.78, 5) is 45.5. The molecule has 1 fully saturated rings. The highest BCUT2D eigenvalue weighted by Crippen LogP contribution is 2.34. The number of halogens is 1. The van der Waals surface area contributed by atoms with E-state index >= 15 is 0 Å². The van der Waals surface area contributed by atoms with Crippen LogP contribution in [-0.2, 0) is 19.2 Å². The number of rotatable bonds is 9. The molecule has 0 aromatic carbocycles. The van der Waals surface area contributed by atoms with E-state index in [1.54, 1.807) is 13.1 Å². The summed E-state index contributed by atoms with van der Waals surface area (Å²) in [5.41, 5.74) is 0.945. The number of hydrogen-bond acceptors (Lipinski definition) is 6. The Morgan fingerprint density at radius 1 is 1.32 bits per heavy atom. The van der Waals surface area contributed by atoms with Crippen molar-refractivity contribution in [3.05, 3.63) is 29.6 Å². The predicted molar refractivity (Wildman–Crippen MR) is 110 cm³/mol. The van der Waals surface area contributed by atoms with E-state index in [9.17, 15) is 18.8 Å². The fraction of sp³-hybridized carbons (Fsp3) is 0.591. The molecule has 3 rings (SSSR count). The number of hydrogen-bond donors (Lipinski definition) is 2. The lowest BCUT2D eigenvalue weighted by atomic mass is 9.84. The van der Waals surface area contributed by atoms with Crippen molar-refractivity contribution in [1.29, 1.82) is 0 Å². The minimum absolute atomic E-state index is 0.125. The Kier molecular flexibility index (Phi) is 7.35. The van der Waals surface area contributed by atoms with Crippen LogP contribution in [0.5, 0.6) is 0 Å². The maximum Gasteiger partial charge on any atom is 0.305 e. The molecular weight excluding hydrogens is 405 g/mol. The van der Waals surface area contributed by atoms with Crippen LogP contribution in [0.15, 0.2) is 23.5 Å². The van der Waals surface area contributed by atoms with Crippen LogP contribution in [-0.4, -0.2) is 51.8 Å². The molecule has 1 aliphatic heterocycles. The lowest BCUT2D eigenvalue weighted by Crippen LogP contribution is -2.53. The molecule has 168 valence electrons. The third-order valence-corrected chi connectivity index (χ3v) is 6.13. The number of carbonyl (C=O) groups is 3. The lowest BCUT2D eigenvalue weighted by Gasteiger charge is -2.26. The molecule has 2 atom stereocenters. The Morgan fingerprint density at radius 2 is 2.06 bits per heavy atom. The first-order chi connectivity index (χ1) is 14.9. The van der Waals surface area contributed by atoms with Crippen LogP contribution in [0.2, 0.25) is 0 Å². The minimum Gasteiger partial charge on any atom is -0.481 e. The number of oxime groups is 1. The van der Waals surface area contributed by atoms with E-state index in [-0.39, 0.29) is 12.8 Å². The van der Waals surface area contributed by atoms with Crippen LogP contribution in [0.4, 0.5) is 4.39 Å². The highest BCUT2D eigenvalue weighted by molar-refractivity contribution is 6.05. The number of nitrogens with one attached hydrogen (secondary N) is 1. The molecule has 9 heteroatoms. The number of aromatic nitrogens is 1. The van der Waals surface area contributed by atoms with Crippen LogP contribution in [0, 0.1) is 0 Å². The number of carbonyl (C=O) groups excluding carboxylic acids is 2. The van der Waals surface area contributed by atoms with Crippen LogP contribution in [0.25, 0.3) is 0 Å². The number of Topliss-reactive ketones (excluding diaryl/α,β-unsaturated/α-hetero) is 1. The van der Waals surface area contributed by atoms with Crippen molar-refractivity contribution in [3.8, 4) is 0 Å². The Bertz CT molecular complexity index is 868. The maximum atomic E-state index is 12.9. The molecule has 1 saturated carbocycles. The van der Waals surface area contributed by atoms with Gasteiger partial charge < -0.3 is 15.3 Å². The first-order valence-corrected chi connectivity index (χ1v) is 10.7. The molecule has 2 aliphatic rings. The fourth-order valence-electron chi connectivity index (χ4n) is 4.18. The van der Waals surface area contributed by atoms with E-state index in [2.05, 4.69) is 15.5 Å². The summed E-state index contributed by atoms with van der Waals surface area (Å²) < 4.78 is 12.8. The molecule has 0 spiro atoms. The number of nitrogens with zero attached hydrogens (tertiary/aromatic N) is 2. The van der Waals surface area contributed by atoms with Crippen molar-refractivity contribution in [2.45, 2.75) is 75.9 Å². The van der Waals surface area contributed by atoms with E-state index in [0.29, 0.717) is 17.3 Å². The zero-order chi connectivity index (χ0) is 22.4. The van der Waals surface area contributed by atoms with E-state index in [1.807, 2.05) is 12.1 Å². The van der Waals surface area contributed by atoms with Gasteiger partial charge in [0, 0.05) is 12.6 Å². The maximum absolute atomic E-state index is 12.9. The van der Waals surface area contributed by atoms with Gasteiger partial charge >= 0.3 is 5.97 Å². The summed E-state index contributed by atoms with van der Waals surface area (Å²) >= 11 is 0. The summed E-state index contributed by atoms with van der Waals surface area (Å²) in [5.74, 6) is -2.51. The van der Waals surface area contributed by atoms with E-state index in [1.165, 1.54) is 24.8 Å². The van der Waals surface area contributed by atoms with Crippen LogP contribution >= 0.6 is 0 Å². The molecule has 31 heavy (non-hydrogen) atoms. The second-order valence-electron chi connectivity index (χ2n) is 8.19. The highest BCUT2D eigenvalue weighted by atomic mass is 19.1. The van der Waals surface area contributed by atoms with Crippen molar-refractivity contribution in [3.63, 3.8) is 0 Å². The quantitative estimate of drug-likeness (QED) is 0.618. The minimum atomic E-state index is -1.46. The number of pyridine rings is 1. The van der Waals surface area contributed by atoms with Gasteiger partial charge in [0.15, 0.2) is 5.78 Å². The summed E-state index contributed by atoms with van der Waals surface area (Å²) in [5, 5.41) is 15.4. The molecule has 0 bridgehead atoms. The van der Waals surface area contributed by atoms with Gasteiger partial charge in [0.25, 0.3) is 5.91 Å². The first-order valence-electron chi connectivity index (χ1n) is 10.7. The van der Waals surface area contributed by atoms with Gasteiger partial charge in [-0.25, -0.2) is 4.39 Å². The molecule has 2 N–H and O–H groups in total. The van der Waals surface area contributed by atoms with Crippen molar-refractivity contribution < 1.29 is 28.7 Å².